The third kappa shape index (κ3) is 5.62. The van der Waals surface area contributed by atoms with Gasteiger partial charge in [-0.3, -0.25) is 13.9 Å². The third-order valence-electron chi connectivity index (χ3n) is 4.23. The normalized spacial score (nSPS) is 10.9. The molecule has 0 atom stereocenters. The number of benzene rings is 3. The molecule has 3 rings (SSSR count). The van der Waals surface area contributed by atoms with Gasteiger partial charge in [-0.05, 0) is 48.5 Å². The highest BCUT2D eigenvalue weighted by Gasteiger charge is 2.28. The number of sulfonamides is 1. The summed E-state index contributed by atoms with van der Waals surface area (Å²) >= 11 is 6.24. The molecule has 0 aliphatic carbocycles. The molecule has 160 valence electrons. The fourth-order valence-electron chi connectivity index (χ4n) is 2.84. The molecule has 3 aromatic rings. The Hall–Kier alpha value is -3.36. The van der Waals surface area contributed by atoms with Gasteiger partial charge in [-0.25, -0.2) is 8.42 Å². The summed E-state index contributed by atoms with van der Waals surface area (Å²) in [7, 11) is -4.04. The highest BCUT2D eigenvalue weighted by atomic mass is 35.5. The predicted octanol–water partition coefficient (Wildman–Crippen LogP) is 4.13. The molecule has 0 saturated heterocycles. The Balaban J connectivity index is 1.86. The van der Waals surface area contributed by atoms with Gasteiger partial charge in [0.1, 0.15) is 6.54 Å². The average molecular weight is 458 g/mol. The quantitative estimate of drug-likeness (QED) is 0.557. The number of carbonyl (C=O) groups is 2. The average Bonchev–Trinajstić information content (AvgIpc) is 2.74. The topological polar surface area (TPSA) is 95.6 Å². The molecular formula is C22H20ClN3O4S. The lowest BCUT2D eigenvalue weighted by atomic mass is 10.2. The van der Waals surface area contributed by atoms with Crippen LogP contribution in [0.2, 0.25) is 5.02 Å². The van der Waals surface area contributed by atoms with Crippen molar-refractivity contribution in [3.8, 4) is 0 Å². The van der Waals surface area contributed by atoms with Gasteiger partial charge < -0.3 is 10.6 Å². The summed E-state index contributed by atoms with van der Waals surface area (Å²) in [6.07, 6.45) is 0. The molecule has 7 nitrogen and oxygen atoms in total. The van der Waals surface area contributed by atoms with E-state index in [1.807, 2.05) is 0 Å². The molecule has 3 aromatic carbocycles. The SMILES string of the molecule is CC(=O)Nc1ccc(NC(=O)CN(c2ccccc2Cl)S(=O)(=O)c2ccccc2)cc1. The van der Waals surface area contributed by atoms with E-state index in [1.165, 1.54) is 19.1 Å². The molecule has 0 aromatic heterocycles. The van der Waals surface area contributed by atoms with Crippen molar-refractivity contribution in [1.82, 2.24) is 0 Å². The van der Waals surface area contributed by atoms with Crippen LogP contribution in [0.15, 0.2) is 83.8 Å². The molecule has 0 aliphatic heterocycles. The van der Waals surface area contributed by atoms with Crippen LogP contribution in [0, 0.1) is 0 Å². The molecule has 0 saturated carbocycles. The van der Waals surface area contributed by atoms with Crippen molar-refractivity contribution in [3.05, 3.63) is 83.9 Å². The second kappa shape index (κ2) is 9.63. The van der Waals surface area contributed by atoms with E-state index in [-0.39, 0.29) is 21.5 Å². The van der Waals surface area contributed by atoms with E-state index < -0.39 is 22.5 Å². The summed E-state index contributed by atoms with van der Waals surface area (Å²) in [4.78, 5) is 23.9. The van der Waals surface area contributed by atoms with Crippen molar-refractivity contribution in [1.29, 1.82) is 0 Å². The molecule has 9 heteroatoms. The van der Waals surface area contributed by atoms with Gasteiger partial charge in [-0.1, -0.05) is 41.9 Å². The first-order valence-electron chi connectivity index (χ1n) is 9.27. The molecule has 0 spiro atoms. The minimum absolute atomic E-state index is 0.0439. The lowest BCUT2D eigenvalue weighted by molar-refractivity contribution is -0.115. The van der Waals surface area contributed by atoms with Gasteiger partial charge in [0.15, 0.2) is 0 Å². The van der Waals surface area contributed by atoms with Crippen LogP contribution < -0.4 is 14.9 Å². The number of rotatable bonds is 7. The van der Waals surface area contributed by atoms with Crippen molar-refractivity contribution in [2.45, 2.75) is 11.8 Å². The number of anilines is 3. The standard InChI is InChI=1S/C22H20ClN3O4S/c1-16(27)24-17-11-13-18(14-12-17)25-22(28)15-26(21-10-6-5-9-20(21)23)31(29,30)19-7-3-2-4-8-19/h2-14H,15H2,1H3,(H,24,27)(H,25,28). The highest BCUT2D eigenvalue weighted by molar-refractivity contribution is 7.92. The summed E-state index contributed by atoms with van der Waals surface area (Å²) in [5.74, 6) is -0.759. The number of amides is 2. The van der Waals surface area contributed by atoms with E-state index in [9.17, 15) is 18.0 Å². The number of hydrogen-bond acceptors (Lipinski definition) is 4. The summed E-state index contributed by atoms with van der Waals surface area (Å²) in [6, 6.07) is 20.7. The van der Waals surface area contributed by atoms with E-state index in [4.69, 9.17) is 11.6 Å². The van der Waals surface area contributed by atoms with Gasteiger partial charge in [0.25, 0.3) is 10.0 Å². The number of carbonyl (C=O) groups excluding carboxylic acids is 2. The number of nitrogens with zero attached hydrogens (tertiary/aromatic N) is 1. The zero-order chi connectivity index (χ0) is 22.4. The molecular weight excluding hydrogens is 438 g/mol. The van der Waals surface area contributed by atoms with Crippen LogP contribution in [0.1, 0.15) is 6.92 Å². The molecule has 0 aliphatic rings. The molecule has 0 radical (unpaired) electrons. The van der Waals surface area contributed by atoms with E-state index in [0.29, 0.717) is 11.4 Å². The van der Waals surface area contributed by atoms with Crippen molar-refractivity contribution < 1.29 is 18.0 Å². The molecule has 2 amide bonds. The van der Waals surface area contributed by atoms with Gasteiger partial charge in [0.2, 0.25) is 11.8 Å². The Labute approximate surface area is 185 Å². The second-order valence-electron chi connectivity index (χ2n) is 6.58. The monoisotopic (exact) mass is 457 g/mol. The second-order valence-corrected chi connectivity index (χ2v) is 8.85. The smallest absolute Gasteiger partial charge is 0.264 e. The largest absolute Gasteiger partial charge is 0.326 e. The first kappa shape index (κ1) is 22.3. The van der Waals surface area contributed by atoms with E-state index in [2.05, 4.69) is 10.6 Å². The van der Waals surface area contributed by atoms with Crippen molar-refractivity contribution in [3.63, 3.8) is 0 Å². The Morgan fingerprint density at radius 3 is 1.97 bits per heavy atom. The van der Waals surface area contributed by atoms with Gasteiger partial charge >= 0.3 is 0 Å². The van der Waals surface area contributed by atoms with Crippen molar-refractivity contribution >= 4 is 50.5 Å². The Morgan fingerprint density at radius 2 is 1.39 bits per heavy atom. The molecule has 31 heavy (non-hydrogen) atoms. The van der Waals surface area contributed by atoms with E-state index in [1.54, 1.807) is 66.7 Å². The van der Waals surface area contributed by atoms with Gasteiger partial charge in [-0.15, -0.1) is 0 Å². The van der Waals surface area contributed by atoms with Crippen LogP contribution in [0.4, 0.5) is 17.1 Å². The van der Waals surface area contributed by atoms with Crippen LogP contribution in [0.5, 0.6) is 0 Å². The Kier molecular flexibility index (Phi) is 6.94. The highest BCUT2D eigenvalue weighted by Crippen LogP contribution is 2.30. The predicted molar refractivity (Wildman–Crippen MR) is 122 cm³/mol. The number of nitrogens with one attached hydrogen (secondary N) is 2. The zero-order valence-corrected chi connectivity index (χ0v) is 18.2. The van der Waals surface area contributed by atoms with Crippen LogP contribution in [-0.4, -0.2) is 26.8 Å². The maximum Gasteiger partial charge on any atom is 0.264 e. The summed E-state index contributed by atoms with van der Waals surface area (Å²) in [6.45, 7) is 0.917. The molecule has 0 heterocycles. The summed E-state index contributed by atoms with van der Waals surface area (Å²) in [5, 5.41) is 5.50. The lowest BCUT2D eigenvalue weighted by Crippen LogP contribution is -2.38. The van der Waals surface area contributed by atoms with Gasteiger partial charge in [-0.2, -0.15) is 0 Å². The maximum atomic E-state index is 13.3. The first-order chi connectivity index (χ1) is 14.8. The maximum absolute atomic E-state index is 13.3. The van der Waals surface area contributed by atoms with Crippen molar-refractivity contribution in [2.75, 3.05) is 21.5 Å². The lowest BCUT2D eigenvalue weighted by Gasteiger charge is -2.25. The number of hydrogen-bond donors (Lipinski definition) is 2. The molecule has 2 N–H and O–H groups in total. The summed E-state index contributed by atoms with van der Waals surface area (Å²) in [5.41, 5.74) is 1.23. The Morgan fingerprint density at radius 1 is 0.839 bits per heavy atom. The Bertz CT molecular complexity index is 1180. The fourth-order valence-corrected chi connectivity index (χ4v) is 4.59. The van der Waals surface area contributed by atoms with Gasteiger partial charge in [0.05, 0.1) is 15.6 Å². The van der Waals surface area contributed by atoms with Crippen LogP contribution in [0.3, 0.4) is 0 Å². The summed E-state index contributed by atoms with van der Waals surface area (Å²) < 4.78 is 27.5. The van der Waals surface area contributed by atoms with Gasteiger partial charge in [0, 0.05) is 18.3 Å². The zero-order valence-electron chi connectivity index (χ0n) is 16.6. The third-order valence-corrected chi connectivity index (χ3v) is 6.32. The fraction of sp³-hybridized carbons (Fsp3) is 0.0909. The van der Waals surface area contributed by atoms with E-state index >= 15 is 0 Å². The minimum Gasteiger partial charge on any atom is -0.326 e. The van der Waals surface area contributed by atoms with Crippen LogP contribution in [-0.2, 0) is 19.6 Å². The molecule has 0 unspecified atom stereocenters. The first-order valence-corrected chi connectivity index (χ1v) is 11.1. The minimum atomic E-state index is -4.04. The number of halogens is 1. The number of para-hydroxylation sites is 1. The van der Waals surface area contributed by atoms with Crippen LogP contribution in [0.25, 0.3) is 0 Å². The van der Waals surface area contributed by atoms with E-state index in [0.717, 1.165) is 4.31 Å². The molecule has 0 fully saturated rings. The molecule has 0 bridgehead atoms. The van der Waals surface area contributed by atoms with Crippen LogP contribution >= 0.6 is 11.6 Å². The van der Waals surface area contributed by atoms with Crippen molar-refractivity contribution in [2.24, 2.45) is 0 Å².